The number of hydrogen-bond acceptors (Lipinski definition) is 4. The predicted molar refractivity (Wildman–Crippen MR) is 109 cm³/mol. The van der Waals surface area contributed by atoms with E-state index in [1.54, 1.807) is 54.4 Å². The van der Waals surface area contributed by atoms with Crippen LogP contribution in [0.3, 0.4) is 0 Å². The highest BCUT2D eigenvalue weighted by molar-refractivity contribution is 9.10. The Kier molecular flexibility index (Phi) is 6.44. The van der Waals surface area contributed by atoms with Gasteiger partial charge in [-0.15, -0.1) is 0 Å². The molecule has 7 nitrogen and oxygen atoms in total. The van der Waals surface area contributed by atoms with E-state index >= 15 is 0 Å². The van der Waals surface area contributed by atoms with Gasteiger partial charge in [0.25, 0.3) is 11.8 Å². The van der Waals surface area contributed by atoms with Crippen LogP contribution in [0.25, 0.3) is 5.69 Å². The van der Waals surface area contributed by atoms with Crippen LogP contribution in [0.2, 0.25) is 0 Å². The summed E-state index contributed by atoms with van der Waals surface area (Å²) in [6.45, 7) is 0.657. The Balaban J connectivity index is 1.45. The molecule has 0 bridgehead atoms. The maximum Gasteiger partial charge on any atom is 0.251 e. The average Bonchev–Trinajstić information content (AvgIpc) is 3.17. The molecule has 28 heavy (non-hydrogen) atoms. The van der Waals surface area contributed by atoms with Crippen LogP contribution >= 0.6 is 15.9 Å². The van der Waals surface area contributed by atoms with Crippen LogP contribution in [0, 0.1) is 0 Å². The number of methoxy groups -OCH3 is 1. The third-order valence-corrected chi connectivity index (χ3v) is 4.40. The number of nitrogens with one attached hydrogen (secondary N) is 2. The third-order valence-electron chi connectivity index (χ3n) is 3.99. The van der Waals surface area contributed by atoms with Crippen molar-refractivity contribution in [1.29, 1.82) is 0 Å². The van der Waals surface area contributed by atoms with Gasteiger partial charge in [-0.05, 0) is 64.5 Å². The van der Waals surface area contributed by atoms with Crippen molar-refractivity contribution in [3.8, 4) is 11.4 Å². The summed E-state index contributed by atoms with van der Waals surface area (Å²) >= 11 is 3.35. The molecule has 0 radical (unpaired) electrons. The quantitative estimate of drug-likeness (QED) is 0.550. The minimum Gasteiger partial charge on any atom is -0.497 e. The zero-order chi connectivity index (χ0) is 19.9. The normalized spacial score (nSPS) is 10.4. The van der Waals surface area contributed by atoms with Gasteiger partial charge in [-0.3, -0.25) is 9.59 Å². The number of rotatable bonds is 7. The van der Waals surface area contributed by atoms with E-state index in [9.17, 15) is 9.59 Å². The molecule has 0 aliphatic carbocycles. The summed E-state index contributed by atoms with van der Waals surface area (Å²) in [6, 6.07) is 13.9. The fourth-order valence-corrected chi connectivity index (χ4v) is 2.79. The van der Waals surface area contributed by atoms with E-state index in [0.717, 1.165) is 10.2 Å². The van der Waals surface area contributed by atoms with Crippen LogP contribution in [0.1, 0.15) is 20.7 Å². The van der Waals surface area contributed by atoms with Gasteiger partial charge in [0.2, 0.25) is 0 Å². The number of halogens is 1. The summed E-state index contributed by atoms with van der Waals surface area (Å²) in [5, 5.41) is 9.74. The average molecular weight is 443 g/mol. The molecular weight excluding hydrogens is 424 g/mol. The molecule has 2 aromatic carbocycles. The van der Waals surface area contributed by atoms with Gasteiger partial charge in [0.1, 0.15) is 5.75 Å². The highest BCUT2D eigenvalue weighted by Gasteiger charge is 2.08. The molecule has 3 rings (SSSR count). The highest BCUT2D eigenvalue weighted by Crippen LogP contribution is 2.13. The SMILES string of the molecule is COc1ccc(C(=O)NCCNC(=O)c2ccc(-n3cc(Br)cn3)cc2)cc1. The highest BCUT2D eigenvalue weighted by atomic mass is 79.9. The minimum absolute atomic E-state index is 0.202. The lowest BCUT2D eigenvalue weighted by molar-refractivity contribution is 0.0927. The maximum atomic E-state index is 12.2. The summed E-state index contributed by atoms with van der Waals surface area (Å²) in [7, 11) is 1.57. The lowest BCUT2D eigenvalue weighted by Gasteiger charge is -2.08. The van der Waals surface area contributed by atoms with Gasteiger partial charge >= 0.3 is 0 Å². The van der Waals surface area contributed by atoms with Gasteiger partial charge in [-0.25, -0.2) is 4.68 Å². The predicted octanol–water partition coefficient (Wildman–Crippen LogP) is 2.80. The smallest absolute Gasteiger partial charge is 0.251 e. The number of hydrogen-bond donors (Lipinski definition) is 2. The minimum atomic E-state index is -0.202. The van der Waals surface area contributed by atoms with Crippen molar-refractivity contribution >= 4 is 27.7 Å². The largest absolute Gasteiger partial charge is 0.497 e. The van der Waals surface area contributed by atoms with Crippen molar-refractivity contribution < 1.29 is 14.3 Å². The maximum absolute atomic E-state index is 12.2. The number of benzene rings is 2. The molecule has 0 atom stereocenters. The Morgan fingerprint density at radius 1 is 0.964 bits per heavy atom. The molecule has 3 aromatic rings. The number of ether oxygens (including phenoxy) is 1. The van der Waals surface area contributed by atoms with Crippen molar-refractivity contribution in [2.24, 2.45) is 0 Å². The second-order valence-electron chi connectivity index (χ2n) is 5.89. The van der Waals surface area contributed by atoms with Gasteiger partial charge in [0.05, 0.1) is 23.5 Å². The molecule has 0 spiro atoms. The third kappa shape index (κ3) is 4.98. The van der Waals surface area contributed by atoms with Crippen LogP contribution in [-0.2, 0) is 0 Å². The summed E-state index contributed by atoms with van der Waals surface area (Å²) in [6.07, 6.45) is 3.53. The molecule has 8 heteroatoms. The van der Waals surface area contributed by atoms with E-state index in [1.807, 2.05) is 18.3 Å². The van der Waals surface area contributed by atoms with Gasteiger partial charge in [-0.1, -0.05) is 0 Å². The topological polar surface area (TPSA) is 85.3 Å². The van der Waals surface area contributed by atoms with Crippen LogP contribution in [0.4, 0.5) is 0 Å². The number of carbonyl (C=O) groups is 2. The first-order valence-electron chi connectivity index (χ1n) is 8.58. The Hall–Kier alpha value is -3.13. The van der Waals surface area contributed by atoms with Crippen molar-refractivity contribution in [2.75, 3.05) is 20.2 Å². The van der Waals surface area contributed by atoms with Crippen LogP contribution < -0.4 is 15.4 Å². The molecule has 0 aliphatic heterocycles. The van der Waals surface area contributed by atoms with E-state index in [0.29, 0.717) is 30.0 Å². The second kappa shape index (κ2) is 9.18. The first-order valence-corrected chi connectivity index (χ1v) is 9.37. The van der Waals surface area contributed by atoms with Crippen molar-refractivity contribution in [3.63, 3.8) is 0 Å². The number of nitrogens with zero attached hydrogens (tertiary/aromatic N) is 2. The van der Waals surface area contributed by atoms with E-state index < -0.39 is 0 Å². The van der Waals surface area contributed by atoms with E-state index in [2.05, 4.69) is 31.7 Å². The number of carbonyl (C=O) groups excluding carboxylic acids is 2. The van der Waals surface area contributed by atoms with E-state index in [1.165, 1.54) is 0 Å². The lowest BCUT2D eigenvalue weighted by Crippen LogP contribution is -2.34. The second-order valence-corrected chi connectivity index (χ2v) is 6.81. The molecule has 0 fully saturated rings. The van der Waals surface area contributed by atoms with Gasteiger partial charge in [0.15, 0.2) is 0 Å². The monoisotopic (exact) mass is 442 g/mol. The van der Waals surface area contributed by atoms with E-state index in [-0.39, 0.29) is 11.8 Å². The molecule has 2 N–H and O–H groups in total. The molecule has 0 unspecified atom stereocenters. The summed E-state index contributed by atoms with van der Waals surface area (Å²) in [5.74, 6) is 0.286. The van der Waals surface area contributed by atoms with Crippen molar-refractivity contribution in [3.05, 3.63) is 76.5 Å². The summed E-state index contributed by atoms with van der Waals surface area (Å²) < 4.78 is 7.65. The fourth-order valence-electron chi connectivity index (χ4n) is 2.51. The lowest BCUT2D eigenvalue weighted by atomic mass is 10.2. The van der Waals surface area contributed by atoms with Gasteiger partial charge in [0, 0.05) is 30.4 Å². The van der Waals surface area contributed by atoms with E-state index in [4.69, 9.17) is 4.74 Å². The van der Waals surface area contributed by atoms with Crippen molar-refractivity contribution in [1.82, 2.24) is 20.4 Å². The van der Waals surface area contributed by atoms with Gasteiger partial charge < -0.3 is 15.4 Å². The first kappa shape index (κ1) is 19.6. The fraction of sp³-hybridized carbons (Fsp3) is 0.150. The first-order chi connectivity index (χ1) is 13.6. The summed E-state index contributed by atoms with van der Waals surface area (Å²) in [5.41, 5.74) is 1.93. The standard InChI is InChI=1S/C20H19BrN4O3/c1-28-18-8-4-15(5-9-18)20(27)23-11-10-22-19(26)14-2-6-17(7-3-14)25-13-16(21)12-24-25/h2-9,12-13H,10-11H2,1H3,(H,22,26)(H,23,27). The Bertz CT molecular complexity index is 952. The number of amides is 2. The molecule has 0 saturated heterocycles. The molecule has 144 valence electrons. The van der Waals surface area contributed by atoms with Crippen LogP contribution in [0.5, 0.6) is 5.75 Å². The zero-order valence-corrected chi connectivity index (χ0v) is 16.8. The Labute approximate surface area is 170 Å². The molecule has 1 aromatic heterocycles. The molecule has 0 aliphatic rings. The Morgan fingerprint density at radius 2 is 1.50 bits per heavy atom. The van der Waals surface area contributed by atoms with Crippen LogP contribution in [-0.4, -0.2) is 41.8 Å². The Morgan fingerprint density at radius 3 is 1.96 bits per heavy atom. The number of aromatic nitrogens is 2. The molecule has 2 amide bonds. The van der Waals surface area contributed by atoms with Crippen LogP contribution in [0.15, 0.2) is 65.4 Å². The molecular formula is C20H19BrN4O3. The zero-order valence-electron chi connectivity index (χ0n) is 15.2. The molecule has 1 heterocycles. The molecule has 0 saturated carbocycles. The summed E-state index contributed by atoms with van der Waals surface area (Å²) in [4.78, 5) is 24.3. The van der Waals surface area contributed by atoms with Crippen molar-refractivity contribution in [2.45, 2.75) is 0 Å². The van der Waals surface area contributed by atoms with Gasteiger partial charge in [-0.2, -0.15) is 5.10 Å².